The van der Waals surface area contributed by atoms with Gasteiger partial charge in [0.15, 0.2) is 11.5 Å². The largest absolute Gasteiger partial charge is 0.490 e. The highest BCUT2D eigenvalue weighted by molar-refractivity contribution is 7.99. The van der Waals surface area contributed by atoms with E-state index in [1.54, 1.807) is 4.68 Å². The van der Waals surface area contributed by atoms with E-state index in [0.29, 0.717) is 18.4 Å². The van der Waals surface area contributed by atoms with Crippen molar-refractivity contribution < 1.29 is 14.3 Å². The quantitative estimate of drug-likeness (QED) is 0.524. The monoisotopic (exact) mass is 467 g/mol. The Morgan fingerprint density at radius 2 is 1.88 bits per heavy atom. The Balaban J connectivity index is 1.43. The van der Waals surface area contributed by atoms with Crippen molar-refractivity contribution in [2.45, 2.75) is 45.3 Å². The van der Waals surface area contributed by atoms with Crippen LogP contribution < -0.4 is 14.8 Å². The molecule has 1 amide bonds. The van der Waals surface area contributed by atoms with E-state index < -0.39 is 0 Å². The highest BCUT2D eigenvalue weighted by Gasteiger charge is 2.22. The zero-order chi connectivity index (χ0) is 23.4. The lowest BCUT2D eigenvalue weighted by molar-refractivity contribution is -0.119. The Morgan fingerprint density at radius 3 is 2.64 bits per heavy atom. The second-order valence-electron chi connectivity index (χ2n) is 8.48. The summed E-state index contributed by atoms with van der Waals surface area (Å²) in [6, 6.07) is 11.8. The normalized spacial score (nSPS) is 14.1. The Labute approximate surface area is 198 Å². The predicted octanol–water partition coefficient (Wildman–Crippen LogP) is 4.05. The minimum absolute atomic E-state index is 0.0829. The number of carbonyl (C=O) groups is 1. The fourth-order valence-electron chi connectivity index (χ4n) is 3.64. The molecule has 9 heteroatoms. The Kier molecular flexibility index (Phi) is 7.17. The number of benzene rings is 2. The van der Waals surface area contributed by atoms with Crippen LogP contribution in [0.1, 0.15) is 43.0 Å². The molecule has 4 rings (SSSR count). The molecule has 1 aromatic heterocycles. The fraction of sp³-hybridized carbons (Fsp3) is 0.417. The summed E-state index contributed by atoms with van der Waals surface area (Å²) >= 11 is 1.31. The molecule has 2 aromatic carbocycles. The molecule has 1 unspecified atom stereocenters. The topological polar surface area (TPSA) is 91.2 Å². The minimum Gasteiger partial charge on any atom is -0.490 e. The number of ether oxygens (including phenoxy) is 2. The van der Waals surface area contributed by atoms with Gasteiger partial charge in [-0.2, -0.15) is 4.68 Å². The van der Waals surface area contributed by atoms with Crippen molar-refractivity contribution in [3.63, 3.8) is 0 Å². The van der Waals surface area contributed by atoms with Gasteiger partial charge in [-0.3, -0.25) is 4.79 Å². The summed E-state index contributed by atoms with van der Waals surface area (Å²) in [5, 5.41) is 15.7. The first-order chi connectivity index (χ1) is 15.9. The van der Waals surface area contributed by atoms with E-state index in [4.69, 9.17) is 9.47 Å². The van der Waals surface area contributed by atoms with Crippen molar-refractivity contribution in [3.8, 4) is 17.2 Å². The first-order valence-electron chi connectivity index (χ1n) is 11.1. The van der Waals surface area contributed by atoms with Crippen LogP contribution in [0.25, 0.3) is 5.69 Å². The summed E-state index contributed by atoms with van der Waals surface area (Å²) in [6.45, 7) is 9.56. The third-order valence-corrected chi connectivity index (χ3v) is 6.54. The maximum absolute atomic E-state index is 12.9. The summed E-state index contributed by atoms with van der Waals surface area (Å²) in [6.07, 6.45) is 0.854. The summed E-state index contributed by atoms with van der Waals surface area (Å²) in [5.41, 5.74) is 4.23. The molecular weight excluding hydrogens is 438 g/mol. The van der Waals surface area contributed by atoms with E-state index in [0.717, 1.165) is 34.7 Å². The zero-order valence-corrected chi connectivity index (χ0v) is 20.2. The van der Waals surface area contributed by atoms with Crippen LogP contribution in [0.2, 0.25) is 0 Å². The van der Waals surface area contributed by atoms with Crippen LogP contribution in [-0.2, 0) is 4.79 Å². The lowest BCUT2D eigenvalue weighted by Crippen LogP contribution is -2.33. The van der Waals surface area contributed by atoms with Crippen molar-refractivity contribution in [1.29, 1.82) is 0 Å². The highest BCUT2D eigenvalue weighted by atomic mass is 32.2. The van der Waals surface area contributed by atoms with Crippen LogP contribution in [-0.4, -0.2) is 45.1 Å². The summed E-state index contributed by atoms with van der Waals surface area (Å²) < 4.78 is 13.2. The molecule has 0 saturated carbocycles. The van der Waals surface area contributed by atoms with E-state index >= 15 is 0 Å². The van der Waals surface area contributed by atoms with Gasteiger partial charge in [0.25, 0.3) is 0 Å². The van der Waals surface area contributed by atoms with Crippen LogP contribution >= 0.6 is 11.8 Å². The highest BCUT2D eigenvalue weighted by Crippen LogP contribution is 2.34. The van der Waals surface area contributed by atoms with Gasteiger partial charge in [0.1, 0.15) is 0 Å². The molecule has 8 nitrogen and oxygen atoms in total. The molecule has 0 aliphatic carbocycles. The predicted molar refractivity (Wildman–Crippen MR) is 127 cm³/mol. The molecule has 0 fully saturated rings. The van der Waals surface area contributed by atoms with Crippen molar-refractivity contribution in [3.05, 3.63) is 53.1 Å². The molecule has 0 bridgehead atoms. The van der Waals surface area contributed by atoms with Crippen LogP contribution in [0.4, 0.5) is 0 Å². The van der Waals surface area contributed by atoms with Gasteiger partial charge in [0.05, 0.1) is 30.7 Å². The number of carbonyl (C=O) groups excluding carboxylic acids is 1. The number of fused-ring (bicyclic) bond motifs is 1. The van der Waals surface area contributed by atoms with Crippen LogP contribution in [0.15, 0.2) is 41.6 Å². The van der Waals surface area contributed by atoms with E-state index in [1.165, 1.54) is 17.3 Å². The number of tetrazole rings is 1. The number of nitrogens with zero attached hydrogens (tertiary/aromatic N) is 4. The third-order valence-electron chi connectivity index (χ3n) is 5.62. The first kappa shape index (κ1) is 23.1. The minimum atomic E-state index is -0.147. The summed E-state index contributed by atoms with van der Waals surface area (Å²) in [5.74, 6) is 1.80. The zero-order valence-electron chi connectivity index (χ0n) is 19.4. The number of aryl methyl sites for hydroxylation is 2. The van der Waals surface area contributed by atoms with Gasteiger partial charge in [0.2, 0.25) is 11.1 Å². The van der Waals surface area contributed by atoms with Crippen LogP contribution in [0, 0.1) is 19.8 Å². The van der Waals surface area contributed by atoms with Crippen molar-refractivity contribution in [2.75, 3.05) is 19.0 Å². The standard InChI is InChI=1S/C24H29N5O3S/c1-15(2)23(18-7-9-20-21(13-18)32-11-5-10-31-20)25-22(30)14-33-24-26-27-28-29(24)19-8-6-16(3)17(4)12-19/h6-9,12-13,15,23H,5,10-11,14H2,1-4H3,(H,25,30). The average Bonchev–Trinajstić information content (AvgIpc) is 3.14. The Bertz CT molecular complexity index is 1130. The van der Waals surface area contributed by atoms with Crippen LogP contribution in [0.3, 0.4) is 0 Å². The molecule has 1 aliphatic rings. The molecule has 33 heavy (non-hydrogen) atoms. The third kappa shape index (κ3) is 5.47. The molecule has 1 aliphatic heterocycles. The molecule has 1 N–H and O–H groups in total. The summed E-state index contributed by atoms with van der Waals surface area (Å²) in [7, 11) is 0. The van der Waals surface area contributed by atoms with Crippen molar-refractivity contribution in [2.24, 2.45) is 5.92 Å². The van der Waals surface area contributed by atoms with E-state index in [1.807, 2.05) is 36.4 Å². The lowest BCUT2D eigenvalue weighted by Gasteiger charge is -2.23. The second-order valence-corrected chi connectivity index (χ2v) is 9.42. The molecule has 0 saturated heterocycles. The lowest BCUT2D eigenvalue weighted by atomic mass is 9.95. The van der Waals surface area contributed by atoms with E-state index in [9.17, 15) is 4.79 Å². The average molecular weight is 468 g/mol. The molecular formula is C24H29N5O3S. The van der Waals surface area contributed by atoms with Gasteiger partial charge in [-0.25, -0.2) is 0 Å². The molecule has 1 atom stereocenters. The van der Waals surface area contributed by atoms with Gasteiger partial charge < -0.3 is 14.8 Å². The second kappa shape index (κ2) is 10.2. The SMILES string of the molecule is Cc1ccc(-n2nnnc2SCC(=O)NC(c2ccc3c(c2)OCCCO3)C(C)C)cc1C. The van der Waals surface area contributed by atoms with E-state index in [2.05, 4.69) is 48.5 Å². The van der Waals surface area contributed by atoms with Gasteiger partial charge in [-0.05, 0) is 71.1 Å². The molecule has 2 heterocycles. The molecule has 174 valence electrons. The molecule has 0 spiro atoms. The van der Waals surface area contributed by atoms with Gasteiger partial charge >= 0.3 is 0 Å². The number of amides is 1. The number of hydrogen-bond donors (Lipinski definition) is 1. The van der Waals surface area contributed by atoms with Gasteiger partial charge in [-0.1, -0.05) is 37.7 Å². The number of nitrogens with one attached hydrogen (secondary N) is 1. The molecule has 0 radical (unpaired) electrons. The van der Waals surface area contributed by atoms with Crippen LogP contribution in [0.5, 0.6) is 11.5 Å². The maximum Gasteiger partial charge on any atom is 0.230 e. The van der Waals surface area contributed by atoms with Crippen molar-refractivity contribution in [1.82, 2.24) is 25.5 Å². The number of thioether (sulfide) groups is 1. The Morgan fingerprint density at radius 1 is 1.09 bits per heavy atom. The first-order valence-corrected chi connectivity index (χ1v) is 12.1. The van der Waals surface area contributed by atoms with Gasteiger partial charge in [-0.15, -0.1) is 5.10 Å². The number of aromatic nitrogens is 4. The van der Waals surface area contributed by atoms with Crippen molar-refractivity contribution >= 4 is 17.7 Å². The fourth-order valence-corrected chi connectivity index (χ4v) is 4.34. The Hall–Kier alpha value is -3.07. The number of hydrogen-bond acceptors (Lipinski definition) is 7. The summed E-state index contributed by atoms with van der Waals surface area (Å²) in [4.78, 5) is 12.9. The molecule has 3 aromatic rings. The van der Waals surface area contributed by atoms with Gasteiger partial charge in [0, 0.05) is 6.42 Å². The number of rotatable bonds is 7. The maximum atomic E-state index is 12.9. The smallest absolute Gasteiger partial charge is 0.230 e. The van der Waals surface area contributed by atoms with E-state index in [-0.39, 0.29) is 23.6 Å².